The number of likely N-dealkylation sites (N-methyl/N-ethyl adjacent to an activating group) is 1. The Labute approximate surface area is 270 Å². The van der Waals surface area contributed by atoms with E-state index in [2.05, 4.69) is 57.6 Å². The number of benzene rings is 1. The number of carbonyl (C=O) groups is 2. The maximum absolute atomic E-state index is 10.8. The van der Waals surface area contributed by atoms with Gasteiger partial charge in [0.15, 0.2) is 0 Å². The third kappa shape index (κ3) is 19.4. The molecule has 1 amide bonds. The summed E-state index contributed by atoms with van der Waals surface area (Å²) in [5.74, 6) is 1.37. The lowest BCUT2D eigenvalue weighted by atomic mass is 9.84. The number of hydrogen-bond acceptors (Lipinski definition) is 4. The SMILES string of the molecule is C=C/C(=C(\C=C/C)NC=O)N(C)C(CCC)CCCCC.CCC(C)=O.CCC1CCC1.CCc1cc(C)cc(Cl)c1N. The summed E-state index contributed by atoms with van der Waals surface area (Å²) in [6.45, 7) is 20.1. The average molecular weight is 618 g/mol. The molecule has 246 valence electrons. The van der Waals surface area contributed by atoms with Crippen LogP contribution in [0, 0.1) is 12.8 Å². The number of halogens is 1. The molecule has 0 heterocycles. The Morgan fingerprint density at radius 3 is 2.14 bits per heavy atom. The van der Waals surface area contributed by atoms with Gasteiger partial charge >= 0.3 is 0 Å². The smallest absolute Gasteiger partial charge is 0.211 e. The first-order valence-electron chi connectivity index (χ1n) is 16.5. The predicted molar refractivity (Wildman–Crippen MR) is 190 cm³/mol. The number of Topliss-reactive ketones (excluding diaryl/α,β-unsaturated/α-hetero) is 1. The van der Waals surface area contributed by atoms with Gasteiger partial charge in [-0.2, -0.15) is 0 Å². The number of unbranched alkanes of at least 4 members (excludes halogenated alkanes) is 2. The molecule has 1 aliphatic carbocycles. The first kappa shape index (κ1) is 42.6. The Kier molecular flexibility index (Phi) is 26.8. The normalized spacial score (nSPS) is 13.4. The molecule has 0 aliphatic heterocycles. The van der Waals surface area contributed by atoms with E-state index in [1.807, 2.05) is 45.1 Å². The fraction of sp³-hybridized carbons (Fsp3) is 0.622. The van der Waals surface area contributed by atoms with Crippen LogP contribution in [0.15, 0.2) is 48.3 Å². The Hall–Kier alpha value is -2.53. The van der Waals surface area contributed by atoms with Crippen molar-refractivity contribution in [1.29, 1.82) is 0 Å². The van der Waals surface area contributed by atoms with E-state index >= 15 is 0 Å². The standard InChI is InChI=1S/C18H32N2O.C9H12ClN.C6H12.C4H8O/c1-6-10-11-14-16(12-7-2)20(5)18(9-4)17(13-8-3)19-15-21;1-3-7-4-6(2)5-8(10)9(7)11;1-2-6-4-3-5-6;1-3-4(2)5/h8-9,13,15-16H,4,6-7,10-12,14H2,1-3,5H3,(H,19,21);4-5H,3,11H2,1-2H3;6H,2-5H2,1H3;3H2,1-2H3/b13-8-,18-17-;;;. The molecule has 1 aliphatic rings. The summed E-state index contributed by atoms with van der Waals surface area (Å²) in [6, 6.07) is 4.44. The van der Waals surface area contributed by atoms with Gasteiger partial charge < -0.3 is 20.7 Å². The Morgan fingerprint density at radius 1 is 1.14 bits per heavy atom. The summed E-state index contributed by atoms with van der Waals surface area (Å²) in [6.07, 6.45) is 21.2. The summed E-state index contributed by atoms with van der Waals surface area (Å²) in [5.41, 5.74) is 10.5. The molecule has 1 fully saturated rings. The molecule has 0 saturated heterocycles. The summed E-state index contributed by atoms with van der Waals surface area (Å²) in [7, 11) is 2.10. The number of nitrogens with one attached hydrogen (secondary N) is 1. The molecule has 0 bridgehead atoms. The molecule has 0 radical (unpaired) electrons. The van der Waals surface area contributed by atoms with E-state index in [4.69, 9.17) is 17.3 Å². The number of nitrogen functional groups attached to an aromatic ring is 1. The lowest BCUT2D eigenvalue weighted by molar-refractivity contribution is -0.116. The minimum absolute atomic E-state index is 0.255. The number of amides is 1. The van der Waals surface area contributed by atoms with Gasteiger partial charge in [-0.1, -0.05) is 116 Å². The second-order valence-corrected chi connectivity index (χ2v) is 11.7. The van der Waals surface area contributed by atoms with E-state index in [1.54, 1.807) is 6.92 Å². The quantitative estimate of drug-likeness (QED) is 0.0888. The van der Waals surface area contributed by atoms with Crippen molar-refractivity contribution < 1.29 is 9.59 Å². The number of carbonyl (C=O) groups excluding carboxylic acids is 2. The molecule has 43 heavy (non-hydrogen) atoms. The molecule has 6 heteroatoms. The maximum atomic E-state index is 10.8. The Bertz CT molecular complexity index is 964. The molecule has 0 spiro atoms. The zero-order valence-electron chi connectivity index (χ0n) is 29.0. The fourth-order valence-corrected chi connectivity index (χ4v) is 4.89. The van der Waals surface area contributed by atoms with Crippen LogP contribution in [0.1, 0.15) is 130 Å². The van der Waals surface area contributed by atoms with Gasteiger partial charge in [-0.3, -0.25) is 4.79 Å². The van der Waals surface area contributed by atoms with Gasteiger partial charge in [-0.05, 0) is 75.3 Å². The zero-order valence-corrected chi connectivity index (χ0v) is 29.8. The molecule has 1 saturated carbocycles. The van der Waals surface area contributed by atoms with Crippen LogP contribution in [-0.2, 0) is 16.0 Å². The van der Waals surface area contributed by atoms with E-state index < -0.39 is 0 Å². The molecular formula is C37H64ClN3O2. The van der Waals surface area contributed by atoms with Crippen molar-refractivity contribution in [2.24, 2.45) is 5.92 Å². The fourth-order valence-electron chi connectivity index (χ4n) is 4.59. The van der Waals surface area contributed by atoms with Crippen LogP contribution in [0.4, 0.5) is 5.69 Å². The van der Waals surface area contributed by atoms with Crippen molar-refractivity contribution >= 4 is 29.5 Å². The lowest BCUT2D eigenvalue weighted by Gasteiger charge is -2.32. The van der Waals surface area contributed by atoms with E-state index in [-0.39, 0.29) is 5.78 Å². The Balaban J connectivity index is 0. The molecule has 0 aromatic heterocycles. The van der Waals surface area contributed by atoms with Crippen LogP contribution in [0.5, 0.6) is 0 Å². The van der Waals surface area contributed by atoms with Gasteiger partial charge in [-0.15, -0.1) is 0 Å². The zero-order chi connectivity index (χ0) is 33.2. The molecule has 1 atom stereocenters. The average Bonchev–Trinajstić information content (AvgIpc) is 2.95. The second-order valence-electron chi connectivity index (χ2n) is 11.2. The molecule has 2 rings (SSSR count). The number of ketones is 1. The topological polar surface area (TPSA) is 75.4 Å². The van der Waals surface area contributed by atoms with Crippen LogP contribution in [0.2, 0.25) is 5.02 Å². The second kappa shape index (κ2) is 27.0. The van der Waals surface area contributed by atoms with Crippen molar-refractivity contribution in [3.05, 3.63) is 64.5 Å². The predicted octanol–water partition coefficient (Wildman–Crippen LogP) is 10.4. The van der Waals surface area contributed by atoms with E-state index in [0.717, 1.165) is 54.2 Å². The van der Waals surface area contributed by atoms with Gasteiger partial charge in [0.05, 0.1) is 22.1 Å². The Morgan fingerprint density at radius 2 is 1.77 bits per heavy atom. The monoisotopic (exact) mass is 617 g/mol. The minimum atomic E-state index is 0.255. The summed E-state index contributed by atoms with van der Waals surface area (Å²) >= 11 is 5.87. The molecule has 5 nitrogen and oxygen atoms in total. The van der Waals surface area contributed by atoms with Crippen molar-refractivity contribution in [3.8, 4) is 0 Å². The summed E-state index contributed by atoms with van der Waals surface area (Å²) < 4.78 is 0. The summed E-state index contributed by atoms with van der Waals surface area (Å²) in [5, 5.41) is 3.45. The summed E-state index contributed by atoms with van der Waals surface area (Å²) in [4.78, 5) is 22.9. The number of hydrogen-bond donors (Lipinski definition) is 2. The van der Waals surface area contributed by atoms with Crippen LogP contribution < -0.4 is 11.1 Å². The van der Waals surface area contributed by atoms with Gasteiger partial charge in [0.1, 0.15) is 5.78 Å². The van der Waals surface area contributed by atoms with Crippen molar-refractivity contribution in [2.45, 2.75) is 138 Å². The van der Waals surface area contributed by atoms with Crippen molar-refractivity contribution in [2.75, 3.05) is 12.8 Å². The molecule has 1 unspecified atom stereocenters. The number of allylic oxidation sites excluding steroid dienone is 3. The van der Waals surface area contributed by atoms with Gasteiger partial charge in [-0.25, -0.2) is 0 Å². The first-order chi connectivity index (χ1) is 20.5. The third-order valence-corrected chi connectivity index (χ3v) is 8.06. The van der Waals surface area contributed by atoms with Crippen LogP contribution >= 0.6 is 11.6 Å². The number of nitrogens with two attached hydrogens (primary N) is 1. The number of rotatable bonds is 15. The van der Waals surface area contributed by atoms with E-state index in [0.29, 0.717) is 17.5 Å². The molecule has 1 aromatic carbocycles. The third-order valence-electron chi connectivity index (χ3n) is 7.75. The highest BCUT2D eigenvalue weighted by atomic mass is 35.5. The number of anilines is 1. The van der Waals surface area contributed by atoms with Crippen LogP contribution in [0.25, 0.3) is 0 Å². The van der Waals surface area contributed by atoms with Crippen LogP contribution in [0.3, 0.4) is 0 Å². The van der Waals surface area contributed by atoms with Gasteiger partial charge in [0, 0.05) is 19.5 Å². The molecular weight excluding hydrogens is 554 g/mol. The largest absolute Gasteiger partial charge is 0.397 e. The highest BCUT2D eigenvalue weighted by molar-refractivity contribution is 6.33. The van der Waals surface area contributed by atoms with Crippen LogP contribution in [-0.4, -0.2) is 30.2 Å². The lowest BCUT2D eigenvalue weighted by Crippen LogP contribution is -2.32. The van der Waals surface area contributed by atoms with E-state index in [9.17, 15) is 9.59 Å². The minimum Gasteiger partial charge on any atom is -0.397 e. The number of aryl methyl sites for hydroxylation is 2. The highest BCUT2D eigenvalue weighted by Gasteiger charge is 2.17. The van der Waals surface area contributed by atoms with Crippen molar-refractivity contribution in [3.63, 3.8) is 0 Å². The van der Waals surface area contributed by atoms with Gasteiger partial charge in [0.25, 0.3) is 0 Å². The first-order valence-corrected chi connectivity index (χ1v) is 16.8. The van der Waals surface area contributed by atoms with E-state index in [1.165, 1.54) is 56.9 Å². The highest BCUT2D eigenvalue weighted by Crippen LogP contribution is 2.28. The van der Waals surface area contributed by atoms with Crippen molar-refractivity contribution in [1.82, 2.24) is 10.2 Å². The molecule has 3 N–H and O–H groups in total. The number of nitrogens with zero attached hydrogens (tertiary/aromatic N) is 1. The van der Waals surface area contributed by atoms with Gasteiger partial charge in [0.2, 0.25) is 6.41 Å². The molecule has 1 aromatic rings. The maximum Gasteiger partial charge on any atom is 0.211 e.